The third-order valence-electron chi connectivity index (χ3n) is 24.1. The van der Waals surface area contributed by atoms with Crippen LogP contribution in [0.25, 0.3) is 222 Å². The van der Waals surface area contributed by atoms with E-state index in [4.69, 9.17) is 43.5 Å². The maximum atomic E-state index is 14.8. The van der Waals surface area contributed by atoms with Crippen LogP contribution in [-0.2, 0) is 70.5 Å². The quantitative estimate of drug-likeness (QED) is 0.137. The Labute approximate surface area is 769 Å². The van der Waals surface area contributed by atoms with Gasteiger partial charge >= 0.3 is 70.5 Å². The Balaban J connectivity index is 0.00000583. The molecule has 21 rings (SSSR count). The zero-order valence-corrected chi connectivity index (χ0v) is 70.6. The van der Waals surface area contributed by atoms with E-state index >= 15 is 0 Å². The van der Waals surface area contributed by atoms with E-state index in [1.807, 2.05) is 0 Å². The average Bonchev–Trinajstić information content (AvgIpc) is 1.50. The Morgan fingerprint density at radius 1 is 0.167 bits per heavy atom. The first-order chi connectivity index (χ1) is 65.3. The summed E-state index contributed by atoms with van der Waals surface area (Å²) in [5.74, 6) is -1.09. The number of rotatable bonds is 8. The van der Waals surface area contributed by atoms with Crippen molar-refractivity contribution in [1.82, 2.24) is 39.9 Å². The number of alkyl halides is 24. The normalized spacial score (nSPS) is 12.9. The molecule has 683 valence electrons. The van der Waals surface area contributed by atoms with Crippen LogP contribution in [0.5, 0.6) is 0 Å². The van der Waals surface area contributed by atoms with Crippen molar-refractivity contribution < 1.29 is 126 Å². The van der Waals surface area contributed by atoms with Crippen LogP contribution in [0.3, 0.4) is 0 Å². The van der Waals surface area contributed by atoms with E-state index in [1.165, 1.54) is 146 Å². The Morgan fingerprint density at radius 2 is 0.297 bits per heavy atom. The van der Waals surface area contributed by atoms with E-state index < -0.39 is 93.9 Å². The predicted octanol–water partition coefficient (Wildman–Crippen LogP) is 32.1. The van der Waals surface area contributed by atoms with Crippen molar-refractivity contribution in [1.29, 1.82) is 0 Å². The van der Waals surface area contributed by atoms with Gasteiger partial charge in [-0.15, -0.1) is 0 Å². The number of hydrogen-bond donors (Lipinski definition) is 0. The Bertz CT molecular complexity index is 7570. The van der Waals surface area contributed by atoms with E-state index in [9.17, 15) is 105 Å². The number of benzene rings is 16. The zero-order valence-electron chi connectivity index (χ0n) is 69.2. The van der Waals surface area contributed by atoms with Crippen molar-refractivity contribution in [2.24, 2.45) is 0 Å². The summed E-state index contributed by atoms with van der Waals surface area (Å²) >= 11 is 1.06. The molecule has 16 aromatic carbocycles. The van der Waals surface area contributed by atoms with Gasteiger partial charge in [0.1, 0.15) is 0 Å². The molecule has 0 unspecified atom stereocenters. The minimum absolute atomic E-state index is 0.0110. The van der Waals surface area contributed by atoms with Crippen molar-refractivity contribution in [3.8, 4) is 135 Å². The van der Waals surface area contributed by atoms with Crippen LogP contribution in [0.2, 0.25) is 0 Å². The summed E-state index contributed by atoms with van der Waals surface area (Å²) in [7, 11) is 0. The van der Waals surface area contributed by atoms with Crippen LogP contribution in [0, 0.1) is 0 Å². The summed E-state index contributed by atoms with van der Waals surface area (Å²) < 4.78 is 363. The Morgan fingerprint density at radius 3 is 0.435 bits per heavy atom. The van der Waals surface area contributed by atoms with E-state index in [0.717, 1.165) is 163 Å². The van der Waals surface area contributed by atoms with Gasteiger partial charge in [0.05, 0.1) is 67.8 Å². The number of halogens is 24. The fourth-order valence-electron chi connectivity index (χ4n) is 17.7. The van der Waals surface area contributed by atoms with Crippen molar-refractivity contribution in [3.63, 3.8) is 0 Å². The second-order valence-electron chi connectivity index (χ2n) is 32.7. The molecule has 0 spiro atoms. The predicted molar refractivity (Wildman–Crippen MR) is 468 cm³/mol. The van der Waals surface area contributed by atoms with Crippen LogP contribution in [0.15, 0.2) is 291 Å². The van der Waals surface area contributed by atoms with Gasteiger partial charge in [0.2, 0.25) is 0 Å². The molecule has 0 saturated heterocycles. The van der Waals surface area contributed by atoms with Gasteiger partial charge in [0, 0.05) is 44.8 Å². The summed E-state index contributed by atoms with van der Waals surface area (Å²) in [5.41, 5.74) is -10.8. The average molecular weight is 1930 g/mol. The molecule has 138 heavy (non-hydrogen) atoms. The molecule has 0 atom stereocenters. The molecule has 0 N–H and O–H groups in total. The molecule has 0 fully saturated rings. The van der Waals surface area contributed by atoms with Crippen molar-refractivity contribution in [2.45, 2.75) is 49.4 Å². The Kier molecular flexibility index (Phi) is 21.4. The summed E-state index contributed by atoms with van der Waals surface area (Å²) in [6, 6.07) is 55.8. The van der Waals surface area contributed by atoms with Crippen LogP contribution in [0.4, 0.5) is 105 Å². The SMILES string of the molecule is FC(F)(F)c1cccc(-c2cc3cc4c(cc3cc2-c2cccc(C(F)(F)F)c2)-c2nc-4nc3[n-]c(nc4nc(nc5[n-]c(n2)c2cc6cc(-c7cccc(C(F)(F)F)c7)c(-c7cccc(C(F)(F)F)c7)cc6cc52)-c2cc5cc(-c6cccc(C(F)(F)F)c6)c(-c6cccc(C(F)(F)F)c6)cc5cc2-4)c2cc4cc(-c5cccc(C(F)(F)F)c5)c(-c5cccc(C(F)(F)F)c5)cc4cc32)c1.[O]=[V+2]. The third-order valence-corrected chi connectivity index (χ3v) is 24.1. The molecule has 2 aliphatic heterocycles. The second kappa shape index (κ2) is 32.7. The number of aromatic nitrogens is 8. The number of nitrogens with zero attached hydrogens (tertiary/aromatic N) is 8. The van der Waals surface area contributed by atoms with Gasteiger partial charge < -0.3 is 29.9 Å². The van der Waals surface area contributed by atoms with Crippen LogP contribution >= 0.6 is 0 Å². The third kappa shape index (κ3) is 16.8. The molecular weight excluding hydrogens is 1880 g/mol. The molecule has 0 saturated carbocycles. The van der Waals surface area contributed by atoms with Crippen molar-refractivity contribution >= 4 is 87.2 Å². The first-order valence-electron chi connectivity index (χ1n) is 41.1. The van der Waals surface area contributed by atoms with E-state index in [-0.39, 0.29) is 222 Å². The summed E-state index contributed by atoms with van der Waals surface area (Å²) in [6.45, 7) is 0. The molecule has 0 amide bonds. The van der Waals surface area contributed by atoms with E-state index in [2.05, 4.69) is 0 Å². The van der Waals surface area contributed by atoms with E-state index in [1.54, 1.807) is 0 Å². The molecule has 0 radical (unpaired) electrons. The summed E-state index contributed by atoms with van der Waals surface area (Å²) in [6.07, 6.45) is -39.5. The molecule has 0 aliphatic carbocycles. The van der Waals surface area contributed by atoms with Gasteiger partial charge in [0.25, 0.3) is 0 Å². The molecule has 2 aliphatic rings. The minimum atomic E-state index is -4.94. The summed E-state index contributed by atoms with van der Waals surface area (Å²) in [4.78, 5) is 41.0. The van der Waals surface area contributed by atoms with Gasteiger partial charge in [-0.25, -0.2) is 9.97 Å². The second-order valence-corrected chi connectivity index (χ2v) is 32.7. The monoisotopic (exact) mass is 1930 g/mol. The van der Waals surface area contributed by atoms with Gasteiger partial charge in [-0.2, -0.15) is 105 Å². The fourth-order valence-corrected chi connectivity index (χ4v) is 17.7. The maximum absolute atomic E-state index is 14.8. The number of fused-ring (bicyclic) bond motifs is 24. The van der Waals surface area contributed by atoms with E-state index in [0.29, 0.717) is 0 Å². The topological polar surface area (TPSA) is 123 Å². The first-order valence-corrected chi connectivity index (χ1v) is 41.7. The molecule has 8 bridgehead atoms. The first kappa shape index (κ1) is 90.4. The zero-order chi connectivity index (χ0) is 97.3. The molecule has 19 aromatic rings. The fraction of sp³-hybridized carbons (Fsp3) is 0.0769. The van der Waals surface area contributed by atoms with Gasteiger partial charge in [-0.1, -0.05) is 97.1 Å². The van der Waals surface area contributed by atoms with Crippen LogP contribution in [0.1, 0.15) is 44.5 Å². The van der Waals surface area contributed by atoms with Gasteiger partial charge in [-0.05, 0) is 348 Å². The van der Waals surface area contributed by atoms with Crippen molar-refractivity contribution in [2.75, 3.05) is 0 Å². The molecule has 3 aromatic heterocycles. The summed E-state index contributed by atoms with van der Waals surface area (Å²) in [5, 5.41) is 1.75. The molecule has 34 heteroatoms. The Hall–Kier alpha value is -15.4. The molecule has 5 heterocycles. The van der Waals surface area contributed by atoms with Crippen LogP contribution < -0.4 is 9.97 Å². The standard InChI is InChI=1S/C104H48F24N8.O.V/c105-97(106,107)65-17-1-9-49(25-65)73-33-57-41-81-82(42-58(57)34-74(73)50-10-2-18-66(26-50)98(108,109)110)90-129-89(81)133-91-83-43-59-35-75(51-11-3-19-67(27-51)99(111,112)113)76(52-12-4-20-68(28-52)100(114,115)116)36-60(59)44-84(83)93(130-91)135-95-87-47-63-39-79(55-15-7-23-71(31-55)103(123,124)125)80(56-16-8-24-72(32-56)104(126,127)128)40-64(63)48-88(87)96(132-95)136-94-86-46-62-38-78(54-14-6-22-70(30-54)102(120,121)122)77(37-61(62)45-85(86)92(131-94)134-90)53-13-5-21-69(29-53)101(117,118)119;;/h1-48H;;/q-2;;+2. The van der Waals surface area contributed by atoms with Crippen molar-refractivity contribution in [3.05, 3.63) is 336 Å². The molecule has 9 nitrogen and oxygen atoms in total. The van der Waals surface area contributed by atoms with Gasteiger partial charge in [-0.3, -0.25) is 0 Å². The number of hydrogen-bond acceptors (Lipinski definition) is 7. The van der Waals surface area contributed by atoms with Gasteiger partial charge in [0.15, 0.2) is 0 Å². The van der Waals surface area contributed by atoms with Crippen LogP contribution in [-0.4, -0.2) is 29.9 Å². The molecular formula is C104H48F24N8OV.